The molecule has 0 fully saturated rings. The normalized spacial score (nSPS) is 11.7. The molecular weight excluding hydrogens is 180 g/mol. The maximum Gasteiger partial charge on any atom is 0.335 e. The highest BCUT2D eigenvalue weighted by molar-refractivity contribution is 5.87. The predicted octanol–water partition coefficient (Wildman–Crippen LogP) is 1.30. The summed E-state index contributed by atoms with van der Waals surface area (Å²) >= 11 is 0. The van der Waals surface area contributed by atoms with Gasteiger partial charge in [-0.05, 0) is 17.7 Å². The zero-order valence-electron chi connectivity index (χ0n) is 7.47. The summed E-state index contributed by atoms with van der Waals surface area (Å²) in [6.07, 6.45) is 0.184. The summed E-state index contributed by atoms with van der Waals surface area (Å²) in [7, 11) is 0. The first-order valence-electron chi connectivity index (χ1n) is 4.11. The minimum Gasteiger partial charge on any atom is -0.478 e. The molecule has 0 amide bonds. The third-order valence-corrected chi connectivity index (χ3v) is 1.87. The molecule has 0 aliphatic heterocycles. The fraction of sp³-hybridized carbons (Fsp3) is 0.200. The van der Waals surface area contributed by atoms with Crippen molar-refractivity contribution in [2.45, 2.75) is 12.5 Å². The first kappa shape index (κ1) is 10.2. The second kappa shape index (κ2) is 4.40. The van der Waals surface area contributed by atoms with Crippen molar-refractivity contribution in [2.24, 2.45) is 5.73 Å². The number of aromatic carboxylic acids is 1. The second-order valence-corrected chi connectivity index (χ2v) is 2.90. The summed E-state index contributed by atoms with van der Waals surface area (Å²) in [5, 5.41) is 17.1. The molecule has 0 saturated heterocycles. The van der Waals surface area contributed by atoms with E-state index in [9.17, 15) is 4.79 Å². The molecule has 3 N–H and O–H groups in total. The average Bonchev–Trinajstić information content (AvgIpc) is 2.18. The van der Waals surface area contributed by atoms with Gasteiger partial charge in [0.1, 0.15) is 0 Å². The fourth-order valence-electron chi connectivity index (χ4n) is 1.12. The Hall–Kier alpha value is -1.86. The van der Waals surface area contributed by atoms with Gasteiger partial charge in [0.05, 0.1) is 18.1 Å². The van der Waals surface area contributed by atoms with Gasteiger partial charge in [0, 0.05) is 6.04 Å². The Balaban J connectivity index is 2.94. The fourth-order valence-corrected chi connectivity index (χ4v) is 1.12. The lowest BCUT2D eigenvalue weighted by Crippen LogP contribution is -2.10. The Kier molecular flexibility index (Phi) is 3.21. The van der Waals surface area contributed by atoms with E-state index in [-0.39, 0.29) is 12.0 Å². The largest absolute Gasteiger partial charge is 0.478 e. The lowest BCUT2D eigenvalue weighted by molar-refractivity contribution is 0.0697. The van der Waals surface area contributed by atoms with E-state index in [0.717, 1.165) is 0 Å². The van der Waals surface area contributed by atoms with Crippen LogP contribution in [0.25, 0.3) is 0 Å². The van der Waals surface area contributed by atoms with Gasteiger partial charge in [0.25, 0.3) is 0 Å². The molecule has 1 rings (SSSR count). The SMILES string of the molecule is N#CC[C@@H](N)c1cccc(C(=O)O)c1. The van der Waals surface area contributed by atoms with Crippen molar-refractivity contribution in [3.05, 3.63) is 35.4 Å². The van der Waals surface area contributed by atoms with Crippen LogP contribution in [0.3, 0.4) is 0 Å². The van der Waals surface area contributed by atoms with Crippen molar-refractivity contribution in [2.75, 3.05) is 0 Å². The number of nitriles is 1. The van der Waals surface area contributed by atoms with Gasteiger partial charge in [-0.1, -0.05) is 12.1 Å². The Labute approximate surface area is 81.6 Å². The third kappa shape index (κ3) is 2.31. The van der Waals surface area contributed by atoms with Gasteiger partial charge in [0.15, 0.2) is 0 Å². The van der Waals surface area contributed by atoms with Crippen LogP contribution in [0.15, 0.2) is 24.3 Å². The lowest BCUT2D eigenvalue weighted by atomic mass is 10.0. The van der Waals surface area contributed by atoms with Gasteiger partial charge in [-0.15, -0.1) is 0 Å². The van der Waals surface area contributed by atoms with Crippen LogP contribution in [-0.4, -0.2) is 11.1 Å². The van der Waals surface area contributed by atoms with E-state index < -0.39 is 12.0 Å². The molecule has 72 valence electrons. The van der Waals surface area contributed by atoms with Gasteiger partial charge >= 0.3 is 5.97 Å². The third-order valence-electron chi connectivity index (χ3n) is 1.87. The van der Waals surface area contributed by atoms with Gasteiger partial charge < -0.3 is 10.8 Å². The summed E-state index contributed by atoms with van der Waals surface area (Å²) in [5.74, 6) is -0.990. The number of carboxylic acids is 1. The van der Waals surface area contributed by atoms with E-state index in [0.29, 0.717) is 5.56 Å². The van der Waals surface area contributed by atoms with Crippen molar-refractivity contribution < 1.29 is 9.90 Å². The lowest BCUT2D eigenvalue weighted by Gasteiger charge is -2.07. The smallest absolute Gasteiger partial charge is 0.335 e. The highest BCUT2D eigenvalue weighted by atomic mass is 16.4. The Morgan fingerprint density at radius 2 is 2.36 bits per heavy atom. The first-order chi connectivity index (χ1) is 6.65. The number of nitrogens with two attached hydrogens (primary N) is 1. The van der Waals surface area contributed by atoms with Crippen molar-refractivity contribution in [1.29, 1.82) is 5.26 Å². The summed E-state index contributed by atoms with van der Waals surface area (Å²) in [6.45, 7) is 0. The number of hydrogen-bond acceptors (Lipinski definition) is 3. The molecule has 14 heavy (non-hydrogen) atoms. The van der Waals surface area contributed by atoms with Gasteiger partial charge in [-0.3, -0.25) is 0 Å². The number of rotatable bonds is 3. The van der Waals surface area contributed by atoms with Crippen LogP contribution < -0.4 is 5.73 Å². The highest BCUT2D eigenvalue weighted by Crippen LogP contribution is 2.14. The van der Waals surface area contributed by atoms with E-state index >= 15 is 0 Å². The molecule has 0 bridgehead atoms. The summed E-state index contributed by atoms with van der Waals surface area (Å²) < 4.78 is 0. The molecule has 0 unspecified atom stereocenters. The maximum atomic E-state index is 10.6. The minimum absolute atomic E-state index is 0.184. The second-order valence-electron chi connectivity index (χ2n) is 2.90. The topological polar surface area (TPSA) is 87.1 Å². The molecule has 0 aromatic heterocycles. The monoisotopic (exact) mass is 190 g/mol. The van der Waals surface area contributed by atoms with Crippen molar-refractivity contribution in [1.82, 2.24) is 0 Å². The average molecular weight is 190 g/mol. The molecular formula is C10H10N2O2. The van der Waals surface area contributed by atoms with Crippen LogP contribution in [0.1, 0.15) is 28.4 Å². The molecule has 4 heteroatoms. The van der Waals surface area contributed by atoms with E-state index in [1.807, 2.05) is 6.07 Å². The van der Waals surface area contributed by atoms with Crippen molar-refractivity contribution in [3.8, 4) is 6.07 Å². The molecule has 1 aromatic carbocycles. The zero-order chi connectivity index (χ0) is 10.6. The number of nitrogens with zero attached hydrogens (tertiary/aromatic N) is 1. The molecule has 0 saturated carbocycles. The van der Waals surface area contributed by atoms with Crippen LogP contribution >= 0.6 is 0 Å². The van der Waals surface area contributed by atoms with Gasteiger partial charge in [0.2, 0.25) is 0 Å². The van der Waals surface area contributed by atoms with Crippen molar-refractivity contribution in [3.63, 3.8) is 0 Å². The van der Waals surface area contributed by atoms with Crippen LogP contribution in [-0.2, 0) is 0 Å². The van der Waals surface area contributed by atoms with Crippen LogP contribution in [0, 0.1) is 11.3 Å². The molecule has 0 radical (unpaired) electrons. The number of carboxylic acid groups (broad SMARTS) is 1. The maximum absolute atomic E-state index is 10.6. The standard InChI is InChI=1S/C10H10N2O2/c11-5-4-9(12)7-2-1-3-8(6-7)10(13)14/h1-3,6,9H,4,12H2,(H,13,14)/t9-/m1/s1. The van der Waals surface area contributed by atoms with E-state index in [2.05, 4.69) is 0 Å². The molecule has 0 aliphatic rings. The van der Waals surface area contributed by atoms with E-state index in [1.54, 1.807) is 12.1 Å². The molecule has 1 atom stereocenters. The Morgan fingerprint density at radius 3 is 2.93 bits per heavy atom. The van der Waals surface area contributed by atoms with Gasteiger partial charge in [-0.25, -0.2) is 4.79 Å². The van der Waals surface area contributed by atoms with E-state index in [4.69, 9.17) is 16.1 Å². The summed E-state index contributed by atoms with van der Waals surface area (Å²) in [6, 6.07) is 7.84. The quantitative estimate of drug-likeness (QED) is 0.751. The van der Waals surface area contributed by atoms with Crippen molar-refractivity contribution >= 4 is 5.97 Å². The van der Waals surface area contributed by atoms with Crippen LogP contribution in [0.4, 0.5) is 0 Å². The molecule has 4 nitrogen and oxygen atoms in total. The Morgan fingerprint density at radius 1 is 1.64 bits per heavy atom. The van der Waals surface area contributed by atoms with Crippen LogP contribution in [0.2, 0.25) is 0 Å². The predicted molar refractivity (Wildman–Crippen MR) is 50.6 cm³/mol. The number of carbonyl (C=O) groups is 1. The molecule has 0 aliphatic carbocycles. The van der Waals surface area contributed by atoms with Gasteiger partial charge in [-0.2, -0.15) is 5.26 Å². The molecule has 1 aromatic rings. The Bertz CT molecular complexity index is 382. The summed E-state index contributed by atoms with van der Waals surface area (Å²) in [5.41, 5.74) is 6.52. The molecule has 0 heterocycles. The number of benzene rings is 1. The van der Waals surface area contributed by atoms with Crippen LogP contribution in [0.5, 0.6) is 0 Å². The molecule has 0 spiro atoms. The zero-order valence-corrected chi connectivity index (χ0v) is 7.47. The number of hydrogen-bond donors (Lipinski definition) is 2. The minimum atomic E-state index is -0.990. The summed E-state index contributed by atoms with van der Waals surface area (Å²) in [4.78, 5) is 10.6. The first-order valence-corrected chi connectivity index (χ1v) is 4.11. The highest BCUT2D eigenvalue weighted by Gasteiger charge is 2.08. The van der Waals surface area contributed by atoms with E-state index in [1.165, 1.54) is 12.1 Å².